The summed E-state index contributed by atoms with van der Waals surface area (Å²) in [5.41, 5.74) is 0.597. The minimum atomic E-state index is -3.78. The van der Waals surface area contributed by atoms with Crippen LogP contribution < -0.4 is 19.9 Å². The van der Waals surface area contributed by atoms with Gasteiger partial charge in [0.1, 0.15) is 12.4 Å². The van der Waals surface area contributed by atoms with Gasteiger partial charge in [-0.3, -0.25) is 9.59 Å². The molecule has 0 unspecified atom stereocenters. The summed E-state index contributed by atoms with van der Waals surface area (Å²) in [6.07, 6.45) is -3.78. The van der Waals surface area contributed by atoms with Crippen LogP contribution in [0.1, 0.15) is 6.92 Å². The van der Waals surface area contributed by atoms with Crippen LogP contribution in [0.15, 0.2) is 71.5 Å². The summed E-state index contributed by atoms with van der Waals surface area (Å²) >= 11 is 0. The molecule has 0 N–H and O–H groups in total. The van der Waals surface area contributed by atoms with E-state index >= 15 is 0 Å². The molecule has 0 fully saturated rings. The van der Waals surface area contributed by atoms with Crippen molar-refractivity contribution >= 4 is 22.4 Å². The maximum absolute atomic E-state index is 13.9. The van der Waals surface area contributed by atoms with Gasteiger partial charge in [0.15, 0.2) is 11.5 Å². The Hall–Kier alpha value is -4.34. The van der Waals surface area contributed by atoms with Gasteiger partial charge >= 0.3 is 6.29 Å². The van der Waals surface area contributed by atoms with Crippen LogP contribution in [0.4, 0.5) is 18.9 Å². The first-order valence-electron chi connectivity index (χ1n) is 10.7. The quantitative estimate of drug-likeness (QED) is 0.417. The molecule has 10 heteroatoms. The third-order valence-electron chi connectivity index (χ3n) is 5.56. The third-order valence-corrected chi connectivity index (χ3v) is 5.56. The lowest BCUT2D eigenvalue weighted by molar-refractivity contribution is -0.286. The highest BCUT2D eigenvalue weighted by Crippen LogP contribution is 2.42. The van der Waals surface area contributed by atoms with E-state index in [9.17, 15) is 22.8 Å². The maximum Gasteiger partial charge on any atom is 0.586 e. The molecular formula is C25H18F3N3O4. The number of likely N-dealkylation sites (N-methyl/N-ethyl adjacent to an activating group) is 1. The summed E-state index contributed by atoms with van der Waals surface area (Å²) in [7, 11) is 0. The first kappa shape index (κ1) is 22.5. The van der Waals surface area contributed by atoms with Gasteiger partial charge in [0.25, 0.3) is 5.56 Å². The molecule has 0 saturated carbocycles. The van der Waals surface area contributed by atoms with Gasteiger partial charge < -0.3 is 14.4 Å². The van der Waals surface area contributed by atoms with Gasteiger partial charge in [0.2, 0.25) is 5.91 Å². The molecular weight excluding hydrogens is 463 g/mol. The van der Waals surface area contributed by atoms with Crippen LogP contribution in [0.25, 0.3) is 22.0 Å². The molecule has 3 aromatic carbocycles. The summed E-state index contributed by atoms with van der Waals surface area (Å²) in [6, 6.07) is 16.5. The second-order valence-corrected chi connectivity index (χ2v) is 7.80. The first-order chi connectivity index (χ1) is 16.8. The molecule has 7 nitrogen and oxygen atoms in total. The molecule has 178 valence electrons. The largest absolute Gasteiger partial charge is 0.586 e. The van der Waals surface area contributed by atoms with Crippen molar-refractivity contribution in [3.63, 3.8) is 0 Å². The number of ether oxygens (including phenoxy) is 2. The second-order valence-electron chi connectivity index (χ2n) is 7.80. The zero-order valence-electron chi connectivity index (χ0n) is 18.4. The Kier molecular flexibility index (Phi) is 5.43. The highest BCUT2D eigenvalue weighted by molar-refractivity contribution is 5.95. The number of rotatable bonds is 5. The van der Waals surface area contributed by atoms with Crippen molar-refractivity contribution in [2.24, 2.45) is 0 Å². The molecule has 1 amide bonds. The predicted molar refractivity (Wildman–Crippen MR) is 122 cm³/mol. The standard InChI is InChI=1S/C25H18F3N3O4/c1-2-30(17-10-11-20-21(13-17)35-25(27,28)34-20)22(32)14-31-24(33)19-9-4-3-8-18(19)23(29-31)15-6-5-7-16(26)12-15/h3-13H,2,14H2,1H3. The van der Waals surface area contributed by atoms with E-state index in [0.29, 0.717) is 22.0 Å². The number of hydrogen-bond acceptors (Lipinski definition) is 5. The minimum Gasteiger partial charge on any atom is -0.395 e. The fourth-order valence-electron chi connectivity index (χ4n) is 4.01. The van der Waals surface area contributed by atoms with E-state index in [1.807, 2.05) is 0 Å². The molecule has 0 aliphatic carbocycles. The molecule has 4 aromatic rings. The van der Waals surface area contributed by atoms with Crippen molar-refractivity contribution in [3.05, 3.63) is 82.9 Å². The number of benzene rings is 3. The highest BCUT2D eigenvalue weighted by atomic mass is 19.3. The predicted octanol–water partition coefficient (Wildman–Crippen LogP) is 4.58. The zero-order chi connectivity index (χ0) is 24.7. The van der Waals surface area contributed by atoms with E-state index in [-0.39, 0.29) is 23.7 Å². The lowest BCUT2D eigenvalue weighted by atomic mass is 10.0. The number of hydrogen-bond donors (Lipinski definition) is 0. The van der Waals surface area contributed by atoms with Crippen molar-refractivity contribution in [2.75, 3.05) is 11.4 Å². The molecule has 0 saturated heterocycles. The van der Waals surface area contributed by atoms with Crippen LogP contribution in [-0.4, -0.2) is 28.5 Å². The molecule has 5 rings (SSSR count). The fourth-order valence-corrected chi connectivity index (χ4v) is 4.01. The van der Waals surface area contributed by atoms with Gasteiger partial charge in [-0.15, -0.1) is 8.78 Å². The van der Waals surface area contributed by atoms with E-state index in [2.05, 4.69) is 14.6 Å². The zero-order valence-corrected chi connectivity index (χ0v) is 18.4. The summed E-state index contributed by atoms with van der Waals surface area (Å²) < 4.78 is 50.6. The molecule has 1 aliphatic rings. The Bertz CT molecular complexity index is 1520. The lowest BCUT2D eigenvalue weighted by Gasteiger charge is -2.22. The normalized spacial score (nSPS) is 13.7. The van der Waals surface area contributed by atoms with Crippen LogP contribution in [0.3, 0.4) is 0 Å². The number of carbonyl (C=O) groups excluding carboxylic acids is 1. The second kappa shape index (κ2) is 8.46. The number of halogens is 3. The Balaban J connectivity index is 1.52. The van der Waals surface area contributed by atoms with Gasteiger partial charge in [-0.2, -0.15) is 5.10 Å². The van der Waals surface area contributed by atoms with Gasteiger partial charge in [-0.05, 0) is 37.3 Å². The van der Waals surface area contributed by atoms with Crippen molar-refractivity contribution in [1.82, 2.24) is 9.78 Å². The highest BCUT2D eigenvalue weighted by Gasteiger charge is 2.43. The summed E-state index contributed by atoms with van der Waals surface area (Å²) in [6.45, 7) is 1.46. The molecule has 1 aromatic heterocycles. The lowest BCUT2D eigenvalue weighted by Crippen LogP contribution is -2.37. The molecule has 1 aliphatic heterocycles. The van der Waals surface area contributed by atoms with Gasteiger partial charge in [0, 0.05) is 29.2 Å². The summed E-state index contributed by atoms with van der Waals surface area (Å²) in [4.78, 5) is 27.6. The Morgan fingerprint density at radius 1 is 1.00 bits per heavy atom. The number of nitrogens with zero attached hydrogens (tertiary/aromatic N) is 3. The van der Waals surface area contributed by atoms with Gasteiger partial charge in [-0.1, -0.05) is 30.3 Å². The number of carbonyl (C=O) groups is 1. The van der Waals surface area contributed by atoms with E-state index in [4.69, 9.17) is 0 Å². The Labute approximate surface area is 196 Å². The molecule has 2 heterocycles. The average Bonchev–Trinajstić information content (AvgIpc) is 3.14. The van der Waals surface area contributed by atoms with Crippen molar-refractivity contribution in [3.8, 4) is 22.8 Å². The number of alkyl halides is 2. The molecule has 0 atom stereocenters. The number of amides is 1. The summed E-state index contributed by atoms with van der Waals surface area (Å²) in [5, 5.41) is 5.23. The third kappa shape index (κ3) is 4.18. The first-order valence-corrected chi connectivity index (χ1v) is 10.7. The van der Waals surface area contributed by atoms with Crippen LogP contribution in [0, 0.1) is 5.82 Å². The average molecular weight is 481 g/mol. The van der Waals surface area contributed by atoms with E-state index in [0.717, 1.165) is 4.68 Å². The van der Waals surface area contributed by atoms with E-state index in [1.165, 1.54) is 41.3 Å². The smallest absolute Gasteiger partial charge is 0.395 e. The summed E-state index contributed by atoms with van der Waals surface area (Å²) in [5.74, 6) is -1.32. The van der Waals surface area contributed by atoms with Crippen molar-refractivity contribution in [2.45, 2.75) is 19.8 Å². The number of anilines is 1. The van der Waals surface area contributed by atoms with Gasteiger partial charge in [0.05, 0.1) is 11.1 Å². The SMILES string of the molecule is CCN(C(=O)Cn1nc(-c2cccc(F)c2)c2ccccc2c1=O)c1ccc2c(c1)OC(F)(F)O2. The maximum atomic E-state index is 13.9. The van der Waals surface area contributed by atoms with Crippen molar-refractivity contribution in [1.29, 1.82) is 0 Å². The minimum absolute atomic E-state index is 0.144. The van der Waals surface area contributed by atoms with Crippen molar-refractivity contribution < 1.29 is 27.4 Å². The van der Waals surface area contributed by atoms with E-state index < -0.39 is 30.1 Å². The van der Waals surface area contributed by atoms with Crippen LogP contribution >= 0.6 is 0 Å². The van der Waals surface area contributed by atoms with Crippen LogP contribution in [0.2, 0.25) is 0 Å². The van der Waals surface area contributed by atoms with Crippen LogP contribution in [0.5, 0.6) is 11.5 Å². The molecule has 35 heavy (non-hydrogen) atoms. The van der Waals surface area contributed by atoms with Gasteiger partial charge in [-0.25, -0.2) is 9.07 Å². The molecule has 0 bridgehead atoms. The molecule has 0 radical (unpaired) electrons. The van der Waals surface area contributed by atoms with Crippen LogP contribution in [-0.2, 0) is 11.3 Å². The Morgan fingerprint density at radius 3 is 2.49 bits per heavy atom. The fraction of sp³-hybridized carbons (Fsp3) is 0.160. The monoisotopic (exact) mass is 481 g/mol. The number of fused-ring (bicyclic) bond motifs is 2. The topological polar surface area (TPSA) is 73.7 Å². The number of aromatic nitrogens is 2. The Morgan fingerprint density at radius 2 is 1.74 bits per heavy atom. The van der Waals surface area contributed by atoms with E-state index in [1.54, 1.807) is 37.3 Å². The molecule has 0 spiro atoms.